The molecule has 3 rings (SSSR count). The maximum Gasteiger partial charge on any atom is 0.227 e. The Morgan fingerprint density at radius 1 is 1.25 bits per heavy atom. The molecule has 24 heavy (non-hydrogen) atoms. The Balaban J connectivity index is 1.53. The van der Waals surface area contributed by atoms with Crippen LogP contribution in [-0.2, 0) is 11.2 Å². The lowest BCUT2D eigenvalue weighted by atomic mass is 10.1. The van der Waals surface area contributed by atoms with Crippen molar-refractivity contribution in [2.24, 2.45) is 0 Å². The summed E-state index contributed by atoms with van der Waals surface area (Å²) in [6.07, 6.45) is 1.25. The molecule has 0 radical (unpaired) electrons. The van der Waals surface area contributed by atoms with Gasteiger partial charge in [-0.15, -0.1) is 0 Å². The van der Waals surface area contributed by atoms with Crippen molar-refractivity contribution in [3.05, 3.63) is 53.7 Å². The zero-order valence-electron chi connectivity index (χ0n) is 14.1. The Morgan fingerprint density at radius 2 is 2.04 bits per heavy atom. The number of hydrogen-bond acceptors (Lipinski definition) is 4. The molecule has 2 heterocycles. The van der Waals surface area contributed by atoms with E-state index in [0.717, 1.165) is 30.0 Å². The minimum absolute atomic E-state index is 0.0131. The topological polar surface area (TPSA) is 51.7 Å². The lowest BCUT2D eigenvalue weighted by molar-refractivity contribution is -0.129. The van der Waals surface area contributed by atoms with E-state index in [1.165, 1.54) is 0 Å². The number of nitrogens with zero attached hydrogens (tertiary/aromatic N) is 2. The summed E-state index contributed by atoms with van der Waals surface area (Å²) >= 11 is 0. The van der Waals surface area contributed by atoms with Gasteiger partial charge in [0.25, 0.3) is 0 Å². The summed E-state index contributed by atoms with van der Waals surface area (Å²) in [4.78, 5) is 18.7. The van der Waals surface area contributed by atoms with Crippen LogP contribution in [0.4, 0.5) is 0 Å². The number of benzene rings is 1. The van der Waals surface area contributed by atoms with Gasteiger partial charge in [-0.05, 0) is 30.7 Å². The van der Waals surface area contributed by atoms with E-state index in [9.17, 15) is 4.79 Å². The Hall–Kier alpha value is -2.56. The summed E-state index contributed by atoms with van der Waals surface area (Å²) in [6, 6.07) is 13.3. The van der Waals surface area contributed by atoms with Gasteiger partial charge in [0, 0.05) is 24.7 Å². The molecule has 2 aromatic rings. The van der Waals surface area contributed by atoms with E-state index in [-0.39, 0.29) is 12.0 Å². The number of aryl methyl sites for hydroxylation is 1. The summed E-state index contributed by atoms with van der Waals surface area (Å²) in [5.74, 6) is 1.56. The predicted molar refractivity (Wildman–Crippen MR) is 91.3 cm³/mol. The first kappa shape index (κ1) is 16.3. The van der Waals surface area contributed by atoms with Gasteiger partial charge >= 0.3 is 0 Å². The molecule has 126 valence electrons. The molecule has 1 aliphatic rings. The molecule has 0 aliphatic carbocycles. The highest BCUT2D eigenvalue weighted by atomic mass is 16.5. The second kappa shape index (κ2) is 7.34. The van der Waals surface area contributed by atoms with Crippen LogP contribution in [0.1, 0.15) is 17.7 Å². The molecule has 0 bridgehead atoms. The van der Waals surface area contributed by atoms with E-state index < -0.39 is 0 Å². The Bertz CT molecular complexity index is 700. The number of hydrogen-bond donors (Lipinski definition) is 0. The second-order valence-electron chi connectivity index (χ2n) is 6.01. The van der Waals surface area contributed by atoms with Gasteiger partial charge in [-0.25, -0.2) is 4.98 Å². The maximum atomic E-state index is 12.4. The molecule has 0 saturated carbocycles. The van der Waals surface area contributed by atoms with E-state index in [1.807, 2.05) is 54.3 Å². The van der Waals surface area contributed by atoms with Crippen LogP contribution in [0.5, 0.6) is 11.6 Å². The van der Waals surface area contributed by atoms with Gasteiger partial charge in [-0.2, -0.15) is 0 Å². The lowest BCUT2D eigenvalue weighted by Crippen LogP contribution is -2.32. The lowest BCUT2D eigenvalue weighted by Gasteiger charge is -2.17. The van der Waals surface area contributed by atoms with Crippen molar-refractivity contribution in [1.82, 2.24) is 9.88 Å². The van der Waals surface area contributed by atoms with Crippen LogP contribution in [0, 0.1) is 6.92 Å². The molecule has 1 aromatic heterocycles. The molecule has 0 spiro atoms. The normalized spacial score (nSPS) is 16.9. The van der Waals surface area contributed by atoms with Gasteiger partial charge in [0.1, 0.15) is 11.9 Å². The number of aromatic nitrogens is 1. The van der Waals surface area contributed by atoms with Crippen LogP contribution in [0.15, 0.2) is 42.5 Å². The number of carbonyl (C=O) groups is 1. The van der Waals surface area contributed by atoms with Crippen molar-refractivity contribution >= 4 is 5.91 Å². The predicted octanol–water partition coefficient (Wildman–Crippen LogP) is 2.62. The van der Waals surface area contributed by atoms with Gasteiger partial charge in [0.05, 0.1) is 20.1 Å². The van der Waals surface area contributed by atoms with Crippen LogP contribution in [0.2, 0.25) is 0 Å². The monoisotopic (exact) mass is 326 g/mol. The Morgan fingerprint density at radius 3 is 2.75 bits per heavy atom. The fraction of sp³-hybridized carbons (Fsp3) is 0.368. The molecule has 1 saturated heterocycles. The molecular weight excluding hydrogens is 304 g/mol. The number of pyridine rings is 1. The average molecular weight is 326 g/mol. The fourth-order valence-electron chi connectivity index (χ4n) is 2.84. The number of ether oxygens (including phenoxy) is 2. The van der Waals surface area contributed by atoms with Crippen molar-refractivity contribution in [2.45, 2.75) is 25.9 Å². The third kappa shape index (κ3) is 4.04. The molecule has 5 heteroatoms. The highest BCUT2D eigenvalue weighted by molar-refractivity contribution is 5.79. The summed E-state index contributed by atoms with van der Waals surface area (Å²) in [5, 5.41) is 0. The first-order valence-electron chi connectivity index (χ1n) is 8.15. The zero-order valence-corrected chi connectivity index (χ0v) is 14.1. The summed E-state index contributed by atoms with van der Waals surface area (Å²) in [5.41, 5.74) is 1.92. The fourth-order valence-corrected chi connectivity index (χ4v) is 2.84. The summed E-state index contributed by atoms with van der Waals surface area (Å²) < 4.78 is 11.0. The number of amides is 1. The van der Waals surface area contributed by atoms with Gasteiger partial charge < -0.3 is 14.4 Å². The van der Waals surface area contributed by atoms with Gasteiger partial charge in [-0.1, -0.05) is 18.2 Å². The average Bonchev–Trinajstić information content (AvgIpc) is 3.04. The summed E-state index contributed by atoms with van der Waals surface area (Å²) in [7, 11) is 1.63. The second-order valence-corrected chi connectivity index (χ2v) is 6.01. The van der Waals surface area contributed by atoms with Gasteiger partial charge in [0.2, 0.25) is 11.8 Å². The quantitative estimate of drug-likeness (QED) is 0.847. The minimum atomic E-state index is 0.0131. The van der Waals surface area contributed by atoms with Crippen LogP contribution >= 0.6 is 0 Å². The molecule has 1 amide bonds. The largest absolute Gasteiger partial charge is 0.497 e. The molecule has 1 atom stereocenters. The van der Waals surface area contributed by atoms with Crippen LogP contribution in [0.3, 0.4) is 0 Å². The van der Waals surface area contributed by atoms with E-state index in [0.29, 0.717) is 18.8 Å². The van der Waals surface area contributed by atoms with Crippen molar-refractivity contribution in [3.63, 3.8) is 0 Å². The standard InChI is InChI=1S/C19H22N2O3/c1-14-4-3-5-18(20-14)24-17-10-11-21(13-17)19(22)12-15-6-8-16(23-2)9-7-15/h3-9,17H,10-13H2,1-2H3. The van der Waals surface area contributed by atoms with Gasteiger partial charge in [-0.3, -0.25) is 4.79 Å². The van der Waals surface area contributed by atoms with E-state index >= 15 is 0 Å². The molecule has 0 N–H and O–H groups in total. The molecule has 1 aliphatic heterocycles. The summed E-state index contributed by atoms with van der Waals surface area (Å²) in [6.45, 7) is 3.28. The molecule has 1 fully saturated rings. The molecule has 5 nitrogen and oxygen atoms in total. The van der Waals surface area contributed by atoms with Crippen LogP contribution < -0.4 is 9.47 Å². The van der Waals surface area contributed by atoms with Crippen LogP contribution in [-0.4, -0.2) is 42.1 Å². The Labute approximate surface area is 142 Å². The number of carbonyl (C=O) groups excluding carboxylic acids is 1. The smallest absolute Gasteiger partial charge is 0.227 e. The first-order valence-corrected chi connectivity index (χ1v) is 8.15. The third-order valence-electron chi connectivity index (χ3n) is 4.16. The van der Waals surface area contributed by atoms with E-state index in [1.54, 1.807) is 7.11 Å². The van der Waals surface area contributed by atoms with E-state index in [2.05, 4.69) is 4.98 Å². The highest BCUT2D eigenvalue weighted by Crippen LogP contribution is 2.18. The van der Waals surface area contributed by atoms with E-state index in [4.69, 9.17) is 9.47 Å². The number of methoxy groups -OCH3 is 1. The first-order chi connectivity index (χ1) is 11.6. The van der Waals surface area contributed by atoms with Crippen molar-refractivity contribution in [1.29, 1.82) is 0 Å². The maximum absolute atomic E-state index is 12.4. The highest BCUT2D eigenvalue weighted by Gasteiger charge is 2.27. The van der Waals surface area contributed by atoms with Crippen LogP contribution in [0.25, 0.3) is 0 Å². The SMILES string of the molecule is COc1ccc(CC(=O)N2CCC(Oc3cccc(C)n3)C2)cc1. The molecule has 1 unspecified atom stereocenters. The van der Waals surface area contributed by atoms with Crippen molar-refractivity contribution in [2.75, 3.05) is 20.2 Å². The van der Waals surface area contributed by atoms with Crippen molar-refractivity contribution in [3.8, 4) is 11.6 Å². The Kier molecular flexibility index (Phi) is 4.99. The zero-order chi connectivity index (χ0) is 16.9. The molecule has 1 aromatic carbocycles. The number of rotatable bonds is 5. The minimum Gasteiger partial charge on any atom is -0.497 e. The van der Waals surface area contributed by atoms with Gasteiger partial charge in [0.15, 0.2) is 0 Å². The number of likely N-dealkylation sites (tertiary alicyclic amines) is 1. The van der Waals surface area contributed by atoms with Crippen molar-refractivity contribution < 1.29 is 14.3 Å². The molecular formula is C19H22N2O3. The third-order valence-corrected chi connectivity index (χ3v) is 4.16.